The van der Waals surface area contributed by atoms with E-state index in [1.165, 1.54) is 5.56 Å². The van der Waals surface area contributed by atoms with Crippen LogP contribution < -0.4 is 5.32 Å². The highest BCUT2D eigenvalue weighted by atomic mass is 32.1. The van der Waals surface area contributed by atoms with Crippen LogP contribution in [0.25, 0.3) is 10.7 Å². The van der Waals surface area contributed by atoms with Gasteiger partial charge in [0.2, 0.25) is 11.7 Å². The second-order valence-electron chi connectivity index (χ2n) is 4.45. The van der Waals surface area contributed by atoms with E-state index >= 15 is 0 Å². The topological polar surface area (TPSA) is 51.0 Å². The lowest BCUT2D eigenvalue weighted by atomic mass is 10.0. The Bertz CT molecular complexity index is 649. The number of likely N-dealkylation sites (N-methyl/N-ethyl adjacent to an activating group) is 1. The molecule has 3 rings (SSSR count). The third-order valence-corrected chi connectivity index (χ3v) is 4.00. The van der Waals surface area contributed by atoms with Crippen molar-refractivity contribution in [3.8, 4) is 10.7 Å². The van der Waals surface area contributed by atoms with Crippen LogP contribution in [-0.2, 0) is 6.42 Å². The normalized spacial score (nSPS) is 12.4. The number of nitrogens with one attached hydrogen (secondary N) is 1. The number of nitrogens with zero attached hydrogens (tertiary/aromatic N) is 2. The Morgan fingerprint density at radius 1 is 1.20 bits per heavy atom. The molecule has 2 heterocycles. The van der Waals surface area contributed by atoms with E-state index in [0.717, 1.165) is 4.88 Å². The van der Waals surface area contributed by atoms with E-state index in [4.69, 9.17) is 4.52 Å². The summed E-state index contributed by atoms with van der Waals surface area (Å²) in [7, 11) is 1.94. The zero-order chi connectivity index (χ0) is 13.8. The van der Waals surface area contributed by atoms with Crippen molar-refractivity contribution < 1.29 is 4.52 Å². The molecule has 1 unspecified atom stereocenters. The van der Waals surface area contributed by atoms with Gasteiger partial charge in [0.25, 0.3) is 0 Å². The van der Waals surface area contributed by atoms with Gasteiger partial charge in [0.05, 0.1) is 4.88 Å². The van der Waals surface area contributed by atoms with Gasteiger partial charge in [-0.3, -0.25) is 0 Å². The summed E-state index contributed by atoms with van der Waals surface area (Å²) in [4.78, 5) is 5.49. The predicted molar refractivity (Wildman–Crippen MR) is 79.6 cm³/mol. The van der Waals surface area contributed by atoms with E-state index < -0.39 is 0 Å². The van der Waals surface area contributed by atoms with Crippen molar-refractivity contribution >= 4 is 11.3 Å². The molecule has 1 N–H and O–H groups in total. The minimum atomic E-state index is 0.174. The molecule has 20 heavy (non-hydrogen) atoms. The van der Waals surface area contributed by atoms with Crippen molar-refractivity contribution in [1.29, 1.82) is 0 Å². The minimum absolute atomic E-state index is 0.174. The first-order valence-corrected chi connectivity index (χ1v) is 7.33. The maximum atomic E-state index is 5.35. The van der Waals surface area contributed by atoms with Crippen LogP contribution in [0.3, 0.4) is 0 Å². The summed E-state index contributed by atoms with van der Waals surface area (Å²) in [6.07, 6.45) is 0.679. The van der Waals surface area contributed by atoms with Gasteiger partial charge in [-0.1, -0.05) is 41.6 Å². The molecule has 0 aliphatic carbocycles. The van der Waals surface area contributed by atoms with E-state index in [1.54, 1.807) is 11.3 Å². The van der Waals surface area contributed by atoms with Crippen LogP contribution in [0.5, 0.6) is 0 Å². The Hall–Kier alpha value is -1.98. The molecule has 1 aromatic carbocycles. The molecule has 0 spiro atoms. The third-order valence-electron chi connectivity index (χ3n) is 3.14. The molecule has 2 aromatic heterocycles. The van der Waals surface area contributed by atoms with Gasteiger partial charge in [0, 0.05) is 12.5 Å². The molecular formula is C15H15N3OS. The average Bonchev–Trinajstić information content (AvgIpc) is 3.16. The number of hydrogen-bond acceptors (Lipinski definition) is 5. The molecule has 3 aromatic rings. The largest absolute Gasteiger partial charge is 0.339 e. The summed E-state index contributed by atoms with van der Waals surface area (Å²) in [5, 5.41) is 9.33. The lowest BCUT2D eigenvalue weighted by molar-refractivity contribution is 0.363. The van der Waals surface area contributed by atoms with Gasteiger partial charge in [-0.2, -0.15) is 4.98 Å². The highest BCUT2D eigenvalue weighted by Gasteiger charge is 2.15. The summed E-state index contributed by atoms with van der Waals surface area (Å²) in [5.41, 5.74) is 1.21. The molecule has 0 fully saturated rings. The van der Waals surface area contributed by atoms with Gasteiger partial charge < -0.3 is 9.84 Å². The molecule has 0 aliphatic heterocycles. The Morgan fingerprint density at radius 3 is 2.75 bits per heavy atom. The van der Waals surface area contributed by atoms with Gasteiger partial charge in [-0.25, -0.2) is 0 Å². The zero-order valence-electron chi connectivity index (χ0n) is 11.1. The molecule has 102 valence electrons. The highest BCUT2D eigenvalue weighted by molar-refractivity contribution is 7.13. The second-order valence-corrected chi connectivity index (χ2v) is 5.39. The number of benzene rings is 1. The van der Waals surface area contributed by atoms with Crippen LogP contribution in [0.2, 0.25) is 0 Å². The van der Waals surface area contributed by atoms with Crippen LogP contribution in [0.1, 0.15) is 17.5 Å². The second kappa shape index (κ2) is 5.98. The molecule has 0 radical (unpaired) electrons. The fraction of sp³-hybridized carbons (Fsp3) is 0.200. The van der Waals surface area contributed by atoms with E-state index in [2.05, 4.69) is 27.6 Å². The lowest BCUT2D eigenvalue weighted by Gasteiger charge is -2.13. The zero-order valence-corrected chi connectivity index (χ0v) is 11.9. The standard InChI is InChI=1S/C15H15N3OS/c1-16-12(11-6-3-2-4-7-11)10-14-17-15(18-19-14)13-8-5-9-20-13/h2-9,12,16H,10H2,1H3. The smallest absolute Gasteiger partial charge is 0.228 e. The minimum Gasteiger partial charge on any atom is -0.339 e. The molecule has 0 aliphatic rings. The van der Waals surface area contributed by atoms with Crippen LogP contribution in [0.15, 0.2) is 52.4 Å². The quantitative estimate of drug-likeness (QED) is 0.781. The maximum Gasteiger partial charge on any atom is 0.228 e. The monoisotopic (exact) mass is 285 g/mol. The van der Waals surface area contributed by atoms with Crippen molar-refractivity contribution in [2.45, 2.75) is 12.5 Å². The Labute approximate surface area is 121 Å². The van der Waals surface area contributed by atoms with Crippen molar-refractivity contribution in [1.82, 2.24) is 15.5 Å². The fourth-order valence-corrected chi connectivity index (χ4v) is 2.74. The maximum absolute atomic E-state index is 5.35. The van der Waals surface area contributed by atoms with Crippen LogP contribution in [-0.4, -0.2) is 17.2 Å². The molecule has 0 amide bonds. The van der Waals surface area contributed by atoms with Crippen LogP contribution >= 0.6 is 11.3 Å². The number of aromatic nitrogens is 2. The van der Waals surface area contributed by atoms with Crippen LogP contribution in [0.4, 0.5) is 0 Å². The molecule has 5 heteroatoms. The summed E-state index contributed by atoms with van der Waals surface area (Å²) in [5.74, 6) is 1.31. The Kier molecular flexibility index (Phi) is 3.90. The van der Waals surface area contributed by atoms with Gasteiger partial charge in [0.1, 0.15) is 0 Å². The average molecular weight is 285 g/mol. The van der Waals surface area contributed by atoms with Crippen LogP contribution in [0, 0.1) is 0 Å². The first-order valence-electron chi connectivity index (χ1n) is 6.45. The number of thiophene rings is 1. The van der Waals surface area contributed by atoms with Gasteiger partial charge in [-0.15, -0.1) is 11.3 Å². The predicted octanol–water partition coefficient (Wildman–Crippen LogP) is 3.30. The van der Waals surface area contributed by atoms with E-state index in [-0.39, 0.29) is 6.04 Å². The van der Waals surface area contributed by atoms with Crippen molar-refractivity contribution in [2.75, 3.05) is 7.05 Å². The van der Waals surface area contributed by atoms with Gasteiger partial charge >= 0.3 is 0 Å². The molecule has 0 bridgehead atoms. The highest BCUT2D eigenvalue weighted by Crippen LogP contribution is 2.23. The summed E-state index contributed by atoms with van der Waals surface area (Å²) >= 11 is 1.61. The van der Waals surface area contributed by atoms with Crippen molar-refractivity contribution in [3.63, 3.8) is 0 Å². The van der Waals surface area contributed by atoms with E-state index in [0.29, 0.717) is 18.1 Å². The van der Waals surface area contributed by atoms with Crippen molar-refractivity contribution in [2.24, 2.45) is 0 Å². The molecular weight excluding hydrogens is 270 g/mol. The first-order chi connectivity index (χ1) is 9.86. The number of rotatable bonds is 5. The number of hydrogen-bond donors (Lipinski definition) is 1. The summed E-state index contributed by atoms with van der Waals surface area (Å²) in [6.45, 7) is 0. The molecule has 0 saturated carbocycles. The van der Waals surface area contributed by atoms with E-state index in [1.807, 2.05) is 42.8 Å². The summed E-state index contributed by atoms with van der Waals surface area (Å²) in [6, 6.07) is 14.4. The van der Waals surface area contributed by atoms with Gasteiger partial charge in [-0.05, 0) is 24.1 Å². The lowest BCUT2D eigenvalue weighted by Crippen LogP contribution is -2.18. The first kappa shape index (κ1) is 13.0. The Balaban J connectivity index is 1.77. The molecule has 1 atom stereocenters. The molecule has 0 saturated heterocycles. The van der Waals surface area contributed by atoms with Crippen molar-refractivity contribution in [3.05, 3.63) is 59.3 Å². The summed E-state index contributed by atoms with van der Waals surface area (Å²) < 4.78 is 5.35. The Morgan fingerprint density at radius 2 is 2.05 bits per heavy atom. The fourth-order valence-electron chi connectivity index (χ4n) is 2.09. The SMILES string of the molecule is CNC(Cc1nc(-c2cccs2)no1)c1ccccc1. The van der Waals surface area contributed by atoms with Gasteiger partial charge in [0.15, 0.2) is 0 Å². The third kappa shape index (κ3) is 2.79. The van der Waals surface area contributed by atoms with E-state index in [9.17, 15) is 0 Å². The molecule has 4 nitrogen and oxygen atoms in total.